The number of carbonyl (C=O) groups is 2. The number of benzene rings is 2. The Morgan fingerprint density at radius 2 is 1.94 bits per heavy atom. The Morgan fingerprint density at radius 3 is 2.62 bits per heavy atom. The number of rotatable bonds is 10. The first-order chi connectivity index (χ1) is 16.4. The fourth-order valence-electron chi connectivity index (χ4n) is 4.87. The largest absolute Gasteiger partial charge is 0.350 e. The van der Waals surface area contributed by atoms with Gasteiger partial charge in [0.15, 0.2) is 0 Å². The van der Waals surface area contributed by atoms with E-state index in [4.69, 9.17) is 0 Å². The maximum Gasteiger partial charge on any atom is 0.243 e. The molecule has 1 saturated heterocycles. The van der Waals surface area contributed by atoms with E-state index < -0.39 is 11.5 Å². The third-order valence-corrected chi connectivity index (χ3v) is 6.92. The summed E-state index contributed by atoms with van der Waals surface area (Å²) < 4.78 is 13.4. The van der Waals surface area contributed by atoms with Crippen molar-refractivity contribution in [1.82, 2.24) is 10.2 Å². The van der Waals surface area contributed by atoms with Gasteiger partial charge in [0.1, 0.15) is 11.9 Å². The van der Waals surface area contributed by atoms with Crippen LogP contribution in [0, 0.1) is 23.1 Å². The van der Waals surface area contributed by atoms with Crippen LogP contribution in [0.15, 0.2) is 54.6 Å². The molecule has 1 aliphatic heterocycles. The van der Waals surface area contributed by atoms with Gasteiger partial charge in [-0.25, -0.2) is 4.39 Å². The maximum atomic E-state index is 13.4. The maximum absolute atomic E-state index is 13.4. The molecule has 0 spiro atoms. The zero-order chi connectivity index (χ0) is 24.6. The monoisotopic (exact) mass is 463 g/mol. The molecule has 6 heteroatoms. The minimum atomic E-state index is -0.572. The SMILES string of the molecule is CC(C)[C@@](C#N)(CCCCC(=O)N1CCC[C@@H]1C(=O)NCc1cccc(F)c1)c1ccccc1. The standard InChI is InChI=1S/C28H34FN3O2/c1-21(2)28(20-30,23-11-4-3-5-12-23)16-7-6-15-26(33)32-17-9-14-25(32)27(34)31-19-22-10-8-13-24(29)18-22/h3-5,8,10-13,18,21,25H,6-7,9,14-17,19H2,1-2H3,(H,31,34)/t25-,28+/m1/s1. The molecule has 2 aromatic rings. The Kier molecular flexibility index (Phi) is 8.81. The van der Waals surface area contributed by atoms with Crippen LogP contribution in [0.4, 0.5) is 4.39 Å². The van der Waals surface area contributed by atoms with Crippen molar-refractivity contribution < 1.29 is 14.0 Å². The molecule has 1 heterocycles. The summed E-state index contributed by atoms with van der Waals surface area (Å²) in [4.78, 5) is 27.3. The van der Waals surface area contributed by atoms with Crippen molar-refractivity contribution in [3.05, 3.63) is 71.5 Å². The van der Waals surface area contributed by atoms with Gasteiger partial charge in [-0.1, -0.05) is 62.7 Å². The van der Waals surface area contributed by atoms with Gasteiger partial charge in [-0.2, -0.15) is 5.26 Å². The van der Waals surface area contributed by atoms with Gasteiger partial charge in [0.2, 0.25) is 11.8 Å². The molecule has 3 rings (SSSR count). The highest BCUT2D eigenvalue weighted by atomic mass is 19.1. The second-order valence-corrected chi connectivity index (χ2v) is 9.40. The highest BCUT2D eigenvalue weighted by Gasteiger charge is 2.36. The van der Waals surface area contributed by atoms with Gasteiger partial charge >= 0.3 is 0 Å². The van der Waals surface area contributed by atoms with E-state index in [1.54, 1.807) is 17.0 Å². The molecule has 34 heavy (non-hydrogen) atoms. The predicted octanol–water partition coefficient (Wildman–Crippen LogP) is 5.11. The van der Waals surface area contributed by atoms with Gasteiger partial charge in [0, 0.05) is 19.5 Å². The molecule has 0 aromatic heterocycles. The lowest BCUT2D eigenvalue weighted by Gasteiger charge is -2.31. The van der Waals surface area contributed by atoms with Crippen molar-refractivity contribution in [1.29, 1.82) is 5.26 Å². The van der Waals surface area contributed by atoms with Crippen LogP contribution < -0.4 is 5.32 Å². The van der Waals surface area contributed by atoms with Gasteiger partial charge in [-0.05, 0) is 54.9 Å². The quantitative estimate of drug-likeness (QED) is 0.498. The zero-order valence-corrected chi connectivity index (χ0v) is 20.1. The first kappa shape index (κ1) is 25.4. The number of likely N-dealkylation sites (tertiary alicyclic amines) is 1. The molecule has 0 bridgehead atoms. The van der Waals surface area contributed by atoms with E-state index >= 15 is 0 Å². The van der Waals surface area contributed by atoms with Crippen LogP contribution >= 0.6 is 0 Å². The topological polar surface area (TPSA) is 73.2 Å². The van der Waals surface area contributed by atoms with Crippen molar-refractivity contribution in [2.75, 3.05) is 6.54 Å². The van der Waals surface area contributed by atoms with Crippen LogP contribution in [0.1, 0.15) is 63.5 Å². The minimum absolute atomic E-state index is 0.0183. The molecule has 2 aromatic carbocycles. The van der Waals surface area contributed by atoms with Crippen LogP contribution in [0.5, 0.6) is 0 Å². The van der Waals surface area contributed by atoms with Crippen LogP contribution in [0.25, 0.3) is 0 Å². The number of nitriles is 1. The van der Waals surface area contributed by atoms with Crippen molar-refractivity contribution in [3.63, 3.8) is 0 Å². The van der Waals surface area contributed by atoms with E-state index in [9.17, 15) is 19.2 Å². The van der Waals surface area contributed by atoms with Gasteiger partial charge in [-0.3, -0.25) is 9.59 Å². The second-order valence-electron chi connectivity index (χ2n) is 9.40. The van der Waals surface area contributed by atoms with Crippen LogP contribution in [-0.4, -0.2) is 29.3 Å². The fourth-order valence-corrected chi connectivity index (χ4v) is 4.87. The average molecular weight is 464 g/mol. The van der Waals surface area contributed by atoms with E-state index in [1.165, 1.54) is 12.1 Å². The molecule has 2 atom stereocenters. The Labute approximate surface area is 202 Å². The first-order valence-electron chi connectivity index (χ1n) is 12.2. The summed E-state index contributed by atoms with van der Waals surface area (Å²) >= 11 is 0. The molecule has 2 amide bonds. The summed E-state index contributed by atoms with van der Waals surface area (Å²) in [6.07, 6.45) is 3.92. The van der Waals surface area contributed by atoms with Crippen LogP contribution in [-0.2, 0) is 21.5 Å². The van der Waals surface area contributed by atoms with Gasteiger partial charge in [0.05, 0.1) is 11.5 Å². The molecule has 1 N–H and O–H groups in total. The molecule has 1 aliphatic rings. The highest BCUT2D eigenvalue weighted by molar-refractivity contribution is 5.88. The lowest BCUT2D eigenvalue weighted by Crippen LogP contribution is -2.45. The number of unbranched alkanes of at least 4 members (excludes halogenated alkanes) is 1. The van der Waals surface area contributed by atoms with E-state index in [1.807, 2.05) is 30.3 Å². The number of nitrogens with one attached hydrogen (secondary N) is 1. The van der Waals surface area contributed by atoms with E-state index in [2.05, 4.69) is 25.2 Å². The molecule has 0 saturated carbocycles. The zero-order valence-electron chi connectivity index (χ0n) is 20.1. The van der Waals surface area contributed by atoms with Crippen molar-refractivity contribution >= 4 is 11.8 Å². The van der Waals surface area contributed by atoms with Crippen molar-refractivity contribution in [3.8, 4) is 6.07 Å². The van der Waals surface area contributed by atoms with E-state index in [-0.39, 0.29) is 30.1 Å². The van der Waals surface area contributed by atoms with E-state index in [0.717, 1.165) is 18.4 Å². The van der Waals surface area contributed by atoms with Gasteiger partial charge in [0.25, 0.3) is 0 Å². The second kappa shape index (κ2) is 11.8. The summed E-state index contributed by atoms with van der Waals surface area (Å²) in [5, 5.41) is 12.9. The summed E-state index contributed by atoms with van der Waals surface area (Å²) in [5.74, 6) is -0.396. The normalized spacial score (nSPS) is 17.3. The number of hydrogen-bond donors (Lipinski definition) is 1. The van der Waals surface area contributed by atoms with Gasteiger partial charge in [-0.15, -0.1) is 0 Å². The number of halogens is 1. The molecule has 1 fully saturated rings. The molecular formula is C28H34FN3O2. The lowest BCUT2D eigenvalue weighted by atomic mass is 9.69. The Bertz CT molecular complexity index is 1020. The summed E-state index contributed by atoms with van der Waals surface area (Å²) in [7, 11) is 0. The third-order valence-electron chi connectivity index (χ3n) is 6.92. The number of nitrogens with zero attached hydrogens (tertiary/aromatic N) is 2. The van der Waals surface area contributed by atoms with Crippen molar-refractivity contribution in [2.45, 2.75) is 70.4 Å². The molecule has 0 radical (unpaired) electrons. The summed E-state index contributed by atoms with van der Waals surface area (Å²) in [6.45, 7) is 4.95. The van der Waals surface area contributed by atoms with Crippen LogP contribution in [0.3, 0.4) is 0 Å². The number of amides is 2. The van der Waals surface area contributed by atoms with Gasteiger partial charge < -0.3 is 10.2 Å². The predicted molar refractivity (Wildman–Crippen MR) is 130 cm³/mol. The fraction of sp³-hybridized carbons (Fsp3) is 0.464. The highest BCUT2D eigenvalue weighted by Crippen LogP contribution is 2.37. The van der Waals surface area contributed by atoms with E-state index in [0.29, 0.717) is 37.8 Å². The Balaban J connectivity index is 1.51. The third kappa shape index (κ3) is 6.02. The number of carbonyl (C=O) groups excluding carboxylic acids is 2. The smallest absolute Gasteiger partial charge is 0.243 e. The van der Waals surface area contributed by atoms with Crippen LogP contribution in [0.2, 0.25) is 0 Å². The lowest BCUT2D eigenvalue weighted by molar-refractivity contribution is -0.138. The molecular weight excluding hydrogens is 429 g/mol. The molecule has 180 valence electrons. The molecule has 5 nitrogen and oxygen atoms in total. The first-order valence-corrected chi connectivity index (χ1v) is 12.2. The Hall–Kier alpha value is -3.20. The Morgan fingerprint density at radius 1 is 1.18 bits per heavy atom. The van der Waals surface area contributed by atoms with Crippen molar-refractivity contribution in [2.24, 2.45) is 5.92 Å². The summed E-state index contributed by atoms with van der Waals surface area (Å²) in [5.41, 5.74) is 1.14. The summed E-state index contributed by atoms with van der Waals surface area (Å²) in [6, 6.07) is 18.1. The minimum Gasteiger partial charge on any atom is -0.350 e. The molecule has 0 aliphatic carbocycles. The average Bonchev–Trinajstić information content (AvgIpc) is 3.33. The molecule has 0 unspecified atom stereocenters. The number of hydrogen-bond acceptors (Lipinski definition) is 3.